The molecule has 7 N–H and O–H groups in total. The van der Waals surface area contributed by atoms with Crippen molar-refractivity contribution in [2.75, 3.05) is 17.2 Å². The van der Waals surface area contributed by atoms with Crippen molar-refractivity contribution in [3.8, 4) is 11.5 Å². The lowest BCUT2D eigenvalue weighted by Gasteiger charge is -2.49. The number of nitrogen functional groups attached to an aromatic ring is 1. The zero-order valence-corrected chi connectivity index (χ0v) is 26.9. The number of nitrogens with two attached hydrogens (primary N) is 1. The third-order valence-corrected chi connectivity index (χ3v) is 10.1. The minimum atomic E-state index is -1.49. The number of rotatable bonds is 11. The van der Waals surface area contributed by atoms with Crippen LogP contribution in [0.1, 0.15) is 27.3 Å². The van der Waals surface area contributed by atoms with Gasteiger partial charge >= 0.3 is 11.9 Å². The van der Waals surface area contributed by atoms with E-state index in [2.05, 4.69) is 30.8 Å². The molecule has 6 rings (SSSR count). The van der Waals surface area contributed by atoms with Crippen LogP contribution in [0.3, 0.4) is 0 Å². The Bertz CT molecular complexity index is 2060. The molecule has 2 amide bonds. The molecule has 0 bridgehead atoms. The number of aryl methyl sites for hydroxylation is 1. The Morgan fingerprint density at radius 1 is 1.19 bits per heavy atom. The Morgan fingerprint density at radius 2 is 1.98 bits per heavy atom. The van der Waals surface area contributed by atoms with Crippen LogP contribution in [0.5, 0.6) is 11.5 Å². The Morgan fingerprint density at radius 3 is 2.69 bits per heavy atom. The molecule has 21 heteroatoms. The van der Waals surface area contributed by atoms with Crippen molar-refractivity contribution >= 4 is 75.1 Å². The number of anilines is 1. The van der Waals surface area contributed by atoms with Crippen LogP contribution >= 0.6 is 34.9 Å². The number of phenols is 2. The van der Waals surface area contributed by atoms with E-state index in [1.807, 2.05) is 6.92 Å². The summed E-state index contributed by atoms with van der Waals surface area (Å²) >= 11 is 3.62. The van der Waals surface area contributed by atoms with Crippen LogP contribution in [0.4, 0.5) is 5.13 Å². The quantitative estimate of drug-likeness (QED) is 0.0316. The molecule has 5 heterocycles. The van der Waals surface area contributed by atoms with Crippen molar-refractivity contribution in [3.63, 3.8) is 0 Å². The number of nitrogens with zero attached hydrogens (tertiary/aromatic N) is 7. The average molecular weight is 714 g/mol. The molecular formula is C27H23N9O9S3. The first-order chi connectivity index (χ1) is 22.9. The van der Waals surface area contributed by atoms with Crippen molar-refractivity contribution in [1.82, 2.24) is 35.0 Å². The molecule has 18 nitrogen and oxygen atoms in total. The van der Waals surface area contributed by atoms with E-state index in [9.17, 15) is 39.6 Å². The molecule has 248 valence electrons. The molecule has 0 saturated carbocycles. The first-order valence-electron chi connectivity index (χ1n) is 13.6. The second-order valence-corrected chi connectivity index (χ2v) is 13.2. The van der Waals surface area contributed by atoms with Gasteiger partial charge in [0.1, 0.15) is 40.0 Å². The monoisotopic (exact) mass is 713 g/mol. The third-order valence-electron chi connectivity index (χ3n) is 7.04. The summed E-state index contributed by atoms with van der Waals surface area (Å²) in [6.07, 6.45) is 1.51. The van der Waals surface area contributed by atoms with E-state index in [-0.39, 0.29) is 39.3 Å². The normalized spacial score (nSPS) is 17.6. The second kappa shape index (κ2) is 13.0. The number of carboxylic acid groups (broad SMARTS) is 2. The highest BCUT2D eigenvalue weighted by atomic mass is 32.2. The van der Waals surface area contributed by atoms with Crippen LogP contribution in [0.25, 0.3) is 5.65 Å². The smallest absolute Gasteiger partial charge is 0.352 e. The first kappa shape index (κ1) is 32.5. The number of aromatic nitrogens is 5. The molecule has 3 aromatic heterocycles. The van der Waals surface area contributed by atoms with Crippen LogP contribution < -0.4 is 11.1 Å². The van der Waals surface area contributed by atoms with E-state index in [4.69, 9.17) is 10.6 Å². The fourth-order valence-corrected chi connectivity index (χ4v) is 7.97. The van der Waals surface area contributed by atoms with Gasteiger partial charge < -0.3 is 36.3 Å². The molecule has 0 unspecified atom stereocenters. The summed E-state index contributed by atoms with van der Waals surface area (Å²) < 4.78 is 1.54. The van der Waals surface area contributed by atoms with Gasteiger partial charge in [-0.2, -0.15) is 4.52 Å². The number of hydrogen-bond acceptors (Lipinski definition) is 16. The molecule has 2 aliphatic heterocycles. The molecular weight excluding hydrogens is 691 g/mol. The van der Waals surface area contributed by atoms with Gasteiger partial charge in [-0.15, -0.1) is 40.0 Å². The number of carboxylic acids is 2. The number of thioether (sulfide) groups is 2. The van der Waals surface area contributed by atoms with Crippen LogP contribution in [-0.2, 0) is 25.8 Å². The van der Waals surface area contributed by atoms with Gasteiger partial charge in [0.05, 0.1) is 6.20 Å². The average Bonchev–Trinajstić information content (AvgIpc) is 3.70. The van der Waals surface area contributed by atoms with E-state index >= 15 is 0 Å². The number of amides is 2. The highest BCUT2D eigenvalue weighted by Crippen LogP contribution is 2.41. The Kier molecular flexibility index (Phi) is 8.81. The van der Waals surface area contributed by atoms with Crippen LogP contribution in [0.2, 0.25) is 0 Å². The maximum Gasteiger partial charge on any atom is 0.352 e. The number of hydrogen-bond donors (Lipinski definition) is 6. The summed E-state index contributed by atoms with van der Waals surface area (Å²) in [5.41, 5.74) is 6.56. The van der Waals surface area contributed by atoms with Crippen molar-refractivity contribution in [2.45, 2.75) is 30.0 Å². The van der Waals surface area contributed by atoms with Gasteiger partial charge in [0.15, 0.2) is 28.0 Å². The zero-order chi connectivity index (χ0) is 34.3. The van der Waals surface area contributed by atoms with E-state index in [0.29, 0.717) is 16.2 Å². The van der Waals surface area contributed by atoms with Gasteiger partial charge in [0.2, 0.25) is 0 Å². The number of benzene rings is 1. The Hall–Kier alpha value is -5.41. The fraction of sp³-hybridized carbons (Fsp3) is 0.222. The third kappa shape index (κ3) is 6.16. The van der Waals surface area contributed by atoms with Gasteiger partial charge in [-0.25, -0.2) is 19.6 Å². The van der Waals surface area contributed by atoms with Crippen molar-refractivity contribution < 1.29 is 44.4 Å². The number of aromatic carboxylic acids is 1. The highest BCUT2D eigenvalue weighted by Gasteiger charge is 2.54. The number of phenolic OH excluding ortho intramolecular Hbond substituents is 1. The molecule has 0 spiro atoms. The van der Waals surface area contributed by atoms with E-state index < -0.39 is 58.8 Å². The second-order valence-electron chi connectivity index (χ2n) is 10.2. The van der Waals surface area contributed by atoms with Gasteiger partial charge in [-0.3, -0.25) is 14.5 Å². The molecule has 0 radical (unpaired) electrons. The summed E-state index contributed by atoms with van der Waals surface area (Å²) in [5, 5.41) is 54.8. The van der Waals surface area contributed by atoms with Crippen LogP contribution in [0, 0.1) is 6.92 Å². The lowest BCUT2D eigenvalue weighted by atomic mass is 10.0. The first-order valence-corrected chi connectivity index (χ1v) is 16.6. The summed E-state index contributed by atoms with van der Waals surface area (Å²) in [4.78, 5) is 65.3. The topological polar surface area (TPSA) is 268 Å². The van der Waals surface area contributed by atoms with E-state index in [1.54, 1.807) is 10.6 Å². The van der Waals surface area contributed by atoms with Crippen LogP contribution in [0.15, 0.2) is 51.2 Å². The molecule has 2 aliphatic rings. The molecule has 2 atom stereocenters. The zero-order valence-electron chi connectivity index (χ0n) is 24.4. The van der Waals surface area contributed by atoms with Crippen molar-refractivity contribution in [3.05, 3.63) is 63.6 Å². The minimum Gasteiger partial charge on any atom is -0.504 e. The highest BCUT2D eigenvalue weighted by molar-refractivity contribution is 8.01. The van der Waals surface area contributed by atoms with Gasteiger partial charge in [0.25, 0.3) is 11.8 Å². The number of thiazole rings is 1. The summed E-state index contributed by atoms with van der Waals surface area (Å²) in [6.45, 7) is 1.39. The van der Waals surface area contributed by atoms with Crippen LogP contribution in [-0.4, -0.2) is 103 Å². The number of β-lactam (4-membered cyclic amide) rings is 1. The number of fused-ring (bicyclic) bond motifs is 2. The largest absolute Gasteiger partial charge is 0.504 e. The maximum atomic E-state index is 13.4. The Labute approximate surface area is 281 Å². The number of nitrogens with one attached hydrogen (secondary N) is 1. The standard InChI is InChI=1S/C27H23N9O9S3/c1-10-2-17(36-16(30-10)5-29-34-36)46-7-12-8-47-24-19(23(40)35(24)20(12)26(43)44)32-22(39)18(14-9-48-27(28)31-14)33-45-6-11-3-13(25(41)42)21(38)15(37)4-11/h2-5,9,19,24,37-38H,6-8H2,1H3,(H2,28,31)(H,32,39)(H,41,42)(H,43,44)/t19-,24-/m1/s1. The van der Waals surface area contributed by atoms with E-state index in [1.165, 1.54) is 35.1 Å². The molecule has 1 aromatic carbocycles. The minimum absolute atomic E-state index is 0.0213. The van der Waals surface area contributed by atoms with Crippen molar-refractivity contribution in [1.29, 1.82) is 0 Å². The fourth-order valence-electron chi connectivity index (χ4n) is 4.88. The number of carbonyl (C=O) groups excluding carboxylic acids is 2. The molecule has 4 aromatic rings. The summed E-state index contributed by atoms with van der Waals surface area (Å²) in [6, 6.07) is 2.82. The number of carbonyl (C=O) groups is 4. The van der Waals surface area contributed by atoms with Crippen molar-refractivity contribution in [2.24, 2.45) is 5.16 Å². The maximum absolute atomic E-state index is 13.4. The Balaban J connectivity index is 1.18. The van der Waals surface area contributed by atoms with Gasteiger partial charge in [-0.05, 0) is 36.3 Å². The molecule has 1 saturated heterocycles. The summed E-state index contributed by atoms with van der Waals surface area (Å²) in [7, 11) is 0. The molecule has 0 aliphatic carbocycles. The number of oxime groups is 1. The molecule has 1 fully saturated rings. The van der Waals surface area contributed by atoms with E-state index in [0.717, 1.165) is 34.1 Å². The number of aliphatic carboxylic acids is 1. The molecule has 48 heavy (non-hydrogen) atoms. The predicted octanol–water partition coefficient (Wildman–Crippen LogP) is 1.03. The summed E-state index contributed by atoms with van der Waals surface area (Å²) in [5.74, 6) is -5.30. The predicted molar refractivity (Wildman–Crippen MR) is 171 cm³/mol. The SMILES string of the molecule is Cc1cc(SCC2=C(C(=O)O)N3C(=O)[C@@H](NC(=O)C(=NOCc4cc(O)c(O)c(C(=O)O)c4)c4csc(N)n4)[C@H]3SC2)n2nncc2n1. The van der Waals surface area contributed by atoms with Gasteiger partial charge in [-0.1, -0.05) is 10.4 Å². The lowest BCUT2D eigenvalue weighted by Crippen LogP contribution is -2.71. The lowest BCUT2D eigenvalue weighted by molar-refractivity contribution is -0.150. The number of aromatic hydroxyl groups is 2. The van der Waals surface area contributed by atoms with Gasteiger partial charge in [0, 0.05) is 22.6 Å².